The average Bonchev–Trinajstić information content (AvgIpc) is 2.34. The van der Waals surface area contributed by atoms with Gasteiger partial charge in [0.1, 0.15) is 0 Å². The van der Waals surface area contributed by atoms with Crippen LogP contribution in [0.25, 0.3) is 0 Å². The van der Waals surface area contributed by atoms with Crippen LogP contribution in [0.1, 0.15) is 97.3 Å². The lowest BCUT2D eigenvalue weighted by Crippen LogP contribution is -2.37. The minimum absolute atomic E-state index is 0.362. The molecule has 0 aromatic heterocycles. The fourth-order valence-electron chi connectivity index (χ4n) is 3.37. The minimum Gasteiger partial charge on any atom is -0.390 e. The molecule has 0 spiro atoms. The van der Waals surface area contributed by atoms with E-state index in [-0.39, 0.29) is 5.60 Å². The third-order valence-electron chi connectivity index (χ3n) is 4.77. The summed E-state index contributed by atoms with van der Waals surface area (Å²) in [5.74, 6) is 0.575. The van der Waals surface area contributed by atoms with Crippen molar-refractivity contribution in [2.24, 2.45) is 5.92 Å². The number of aliphatic hydroxyl groups is 1. The lowest BCUT2D eigenvalue weighted by Gasteiger charge is -2.37. The summed E-state index contributed by atoms with van der Waals surface area (Å²) in [5, 5.41) is 10.3. The summed E-state index contributed by atoms with van der Waals surface area (Å²) < 4.78 is 0. The van der Waals surface area contributed by atoms with E-state index in [4.69, 9.17) is 0 Å². The van der Waals surface area contributed by atoms with Crippen LogP contribution in [0.2, 0.25) is 0 Å². The molecule has 1 N–H and O–H groups in total. The van der Waals surface area contributed by atoms with Crippen molar-refractivity contribution in [2.75, 3.05) is 0 Å². The van der Waals surface area contributed by atoms with Gasteiger partial charge in [0.2, 0.25) is 0 Å². The molecule has 2 atom stereocenters. The van der Waals surface area contributed by atoms with Crippen LogP contribution < -0.4 is 0 Å². The van der Waals surface area contributed by atoms with E-state index in [1.165, 1.54) is 77.0 Å². The van der Waals surface area contributed by atoms with Gasteiger partial charge in [0.25, 0.3) is 0 Å². The van der Waals surface area contributed by atoms with E-state index in [1.807, 2.05) is 0 Å². The molecular formula is C17H34O. The molecular weight excluding hydrogens is 220 g/mol. The van der Waals surface area contributed by atoms with Crippen molar-refractivity contribution in [1.29, 1.82) is 0 Å². The molecule has 1 rings (SSSR count). The zero-order valence-electron chi connectivity index (χ0n) is 12.7. The van der Waals surface area contributed by atoms with Crippen LogP contribution in [0.4, 0.5) is 0 Å². The fraction of sp³-hybridized carbons (Fsp3) is 1.00. The topological polar surface area (TPSA) is 20.2 Å². The summed E-state index contributed by atoms with van der Waals surface area (Å²) in [6, 6.07) is 0. The van der Waals surface area contributed by atoms with Gasteiger partial charge in [0.15, 0.2) is 0 Å². The molecule has 1 aliphatic rings. The average molecular weight is 254 g/mol. The Labute approximate surface area is 114 Å². The maximum atomic E-state index is 10.3. The SMILES string of the molecule is CCCCCCCCCCC1CCCCC1(C)O. The Hall–Kier alpha value is -0.0400. The van der Waals surface area contributed by atoms with Crippen molar-refractivity contribution in [1.82, 2.24) is 0 Å². The highest BCUT2D eigenvalue weighted by Crippen LogP contribution is 2.36. The second-order valence-electron chi connectivity index (χ2n) is 6.56. The molecule has 108 valence electrons. The predicted octanol–water partition coefficient (Wildman–Crippen LogP) is 5.46. The van der Waals surface area contributed by atoms with Crippen molar-refractivity contribution in [3.63, 3.8) is 0 Å². The maximum absolute atomic E-state index is 10.3. The molecule has 1 nitrogen and oxygen atoms in total. The molecule has 1 aliphatic carbocycles. The molecule has 0 radical (unpaired) electrons. The number of hydrogen-bond acceptors (Lipinski definition) is 1. The van der Waals surface area contributed by atoms with Gasteiger partial charge in [-0.1, -0.05) is 71.1 Å². The second kappa shape index (κ2) is 8.96. The standard InChI is InChI=1S/C17H34O/c1-3-4-5-6-7-8-9-10-13-16-14-11-12-15-17(16,2)18/h16,18H,3-15H2,1-2H3. The summed E-state index contributed by atoms with van der Waals surface area (Å²) >= 11 is 0. The van der Waals surface area contributed by atoms with E-state index in [2.05, 4.69) is 13.8 Å². The number of rotatable bonds is 9. The smallest absolute Gasteiger partial charge is 0.0647 e. The third kappa shape index (κ3) is 6.22. The van der Waals surface area contributed by atoms with Crippen molar-refractivity contribution < 1.29 is 5.11 Å². The maximum Gasteiger partial charge on any atom is 0.0647 e. The van der Waals surface area contributed by atoms with Gasteiger partial charge < -0.3 is 5.11 Å². The van der Waals surface area contributed by atoms with Crippen molar-refractivity contribution in [2.45, 2.75) is 103 Å². The lowest BCUT2D eigenvalue weighted by atomic mass is 9.74. The Morgan fingerprint density at radius 2 is 1.56 bits per heavy atom. The van der Waals surface area contributed by atoms with Crippen LogP contribution >= 0.6 is 0 Å². The van der Waals surface area contributed by atoms with Gasteiger partial charge >= 0.3 is 0 Å². The quantitative estimate of drug-likeness (QED) is 0.542. The van der Waals surface area contributed by atoms with E-state index >= 15 is 0 Å². The predicted molar refractivity (Wildman–Crippen MR) is 79.8 cm³/mol. The van der Waals surface area contributed by atoms with Crippen LogP contribution in [-0.4, -0.2) is 10.7 Å². The van der Waals surface area contributed by atoms with E-state index in [1.54, 1.807) is 0 Å². The largest absolute Gasteiger partial charge is 0.390 e. The molecule has 1 heteroatoms. The summed E-state index contributed by atoms with van der Waals surface area (Å²) in [6.45, 7) is 4.33. The third-order valence-corrected chi connectivity index (χ3v) is 4.77. The molecule has 0 heterocycles. The molecule has 1 fully saturated rings. The molecule has 0 bridgehead atoms. The fourth-order valence-corrected chi connectivity index (χ4v) is 3.37. The van der Waals surface area contributed by atoms with Gasteiger partial charge in [-0.2, -0.15) is 0 Å². The monoisotopic (exact) mass is 254 g/mol. The number of unbranched alkanes of at least 4 members (excludes halogenated alkanes) is 7. The first-order valence-corrected chi connectivity index (χ1v) is 8.39. The van der Waals surface area contributed by atoms with Crippen LogP contribution in [-0.2, 0) is 0 Å². The Morgan fingerprint density at radius 1 is 0.944 bits per heavy atom. The molecule has 0 saturated heterocycles. The van der Waals surface area contributed by atoms with Crippen LogP contribution in [0.5, 0.6) is 0 Å². The van der Waals surface area contributed by atoms with Gasteiger partial charge in [-0.25, -0.2) is 0 Å². The van der Waals surface area contributed by atoms with Crippen molar-refractivity contribution in [3.8, 4) is 0 Å². The first-order valence-electron chi connectivity index (χ1n) is 8.39. The molecule has 0 aromatic rings. The summed E-state index contributed by atoms with van der Waals surface area (Å²) in [6.07, 6.45) is 17.2. The Balaban J connectivity index is 1.97. The van der Waals surface area contributed by atoms with E-state index in [0.717, 1.165) is 6.42 Å². The van der Waals surface area contributed by atoms with Gasteiger partial charge in [-0.3, -0.25) is 0 Å². The summed E-state index contributed by atoms with van der Waals surface area (Å²) in [5.41, 5.74) is -0.362. The molecule has 0 amide bonds. The highest BCUT2D eigenvalue weighted by molar-refractivity contribution is 4.85. The molecule has 18 heavy (non-hydrogen) atoms. The van der Waals surface area contributed by atoms with Crippen LogP contribution in [0.15, 0.2) is 0 Å². The van der Waals surface area contributed by atoms with Gasteiger partial charge in [-0.05, 0) is 32.1 Å². The summed E-state index contributed by atoms with van der Waals surface area (Å²) in [7, 11) is 0. The van der Waals surface area contributed by atoms with E-state index < -0.39 is 0 Å². The molecule has 0 aromatic carbocycles. The highest BCUT2D eigenvalue weighted by Gasteiger charge is 2.33. The Kier molecular flexibility index (Phi) is 7.97. The first kappa shape index (κ1) is 16.0. The normalized spacial score (nSPS) is 28.5. The lowest BCUT2D eigenvalue weighted by molar-refractivity contribution is -0.0357. The molecule has 0 aliphatic heterocycles. The van der Waals surface area contributed by atoms with Crippen molar-refractivity contribution >= 4 is 0 Å². The van der Waals surface area contributed by atoms with Gasteiger partial charge in [0, 0.05) is 0 Å². The van der Waals surface area contributed by atoms with Gasteiger partial charge in [-0.15, -0.1) is 0 Å². The minimum atomic E-state index is -0.362. The van der Waals surface area contributed by atoms with Crippen LogP contribution in [0.3, 0.4) is 0 Å². The number of hydrogen-bond donors (Lipinski definition) is 1. The Morgan fingerprint density at radius 3 is 2.17 bits per heavy atom. The Bertz CT molecular complexity index is 198. The van der Waals surface area contributed by atoms with E-state index in [0.29, 0.717) is 5.92 Å². The second-order valence-corrected chi connectivity index (χ2v) is 6.56. The van der Waals surface area contributed by atoms with Gasteiger partial charge in [0.05, 0.1) is 5.60 Å². The first-order chi connectivity index (χ1) is 8.67. The molecule has 1 saturated carbocycles. The highest BCUT2D eigenvalue weighted by atomic mass is 16.3. The zero-order valence-corrected chi connectivity index (χ0v) is 12.7. The van der Waals surface area contributed by atoms with E-state index in [9.17, 15) is 5.11 Å². The van der Waals surface area contributed by atoms with Crippen LogP contribution in [0, 0.1) is 5.92 Å². The molecule has 2 unspecified atom stereocenters. The van der Waals surface area contributed by atoms with Crippen molar-refractivity contribution in [3.05, 3.63) is 0 Å². The zero-order chi connectivity index (χ0) is 13.3. The summed E-state index contributed by atoms with van der Waals surface area (Å²) in [4.78, 5) is 0.